The highest BCUT2D eigenvalue weighted by Gasteiger charge is 2.23. The van der Waals surface area contributed by atoms with Crippen LogP contribution in [0.2, 0.25) is 0 Å². The second-order valence-corrected chi connectivity index (χ2v) is 5.11. The zero-order chi connectivity index (χ0) is 14.9. The standard InChI is InChI=1S/C12H13BrN4O3/c1-7-11(17(18)19)12(14)16(15-7)6-8-5-9(13)3-4-10(8)20-2/h3-5H,6,14H2,1-2H3. The van der Waals surface area contributed by atoms with Crippen molar-refractivity contribution in [1.29, 1.82) is 0 Å². The fourth-order valence-electron chi connectivity index (χ4n) is 1.97. The number of nitrogens with two attached hydrogens (primary N) is 1. The van der Waals surface area contributed by atoms with Gasteiger partial charge >= 0.3 is 5.69 Å². The van der Waals surface area contributed by atoms with E-state index in [9.17, 15) is 10.1 Å². The van der Waals surface area contributed by atoms with Gasteiger partial charge in [0, 0.05) is 10.0 Å². The van der Waals surface area contributed by atoms with Crippen LogP contribution in [0.1, 0.15) is 11.3 Å². The van der Waals surface area contributed by atoms with E-state index in [1.165, 1.54) is 4.68 Å². The van der Waals surface area contributed by atoms with Crippen LogP contribution in [0.5, 0.6) is 5.75 Å². The highest BCUT2D eigenvalue weighted by Crippen LogP contribution is 2.28. The van der Waals surface area contributed by atoms with Gasteiger partial charge in [0.05, 0.1) is 18.6 Å². The summed E-state index contributed by atoms with van der Waals surface area (Å²) in [6, 6.07) is 5.52. The summed E-state index contributed by atoms with van der Waals surface area (Å²) in [4.78, 5) is 10.4. The Morgan fingerprint density at radius 1 is 1.55 bits per heavy atom. The van der Waals surface area contributed by atoms with E-state index in [1.54, 1.807) is 20.1 Å². The zero-order valence-electron chi connectivity index (χ0n) is 11.0. The Labute approximate surface area is 123 Å². The number of methoxy groups -OCH3 is 1. The number of ether oxygens (including phenoxy) is 1. The lowest BCUT2D eigenvalue weighted by molar-refractivity contribution is -0.384. The average molecular weight is 341 g/mol. The Hall–Kier alpha value is -2.09. The first-order valence-corrected chi connectivity index (χ1v) is 6.53. The maximum atomic E-state index is 10.9. The minimum absolute atomic E-state index is 0.0366. The summed E-state index contributed by atoms with van der Waals surface area (Å²) >= 11 is 3.38. The zero-order valence-corrected chi connectivity index (χ0v) is 12.5. The lowest BCUT2D eigenvalue weighted by atomic mass is 10.2. The van der Waals surface area contributed by atoms with Crippen LogP contribution in [-0.2, 0) is 6.54 Å². The first-order valence-electron chi connectivity index (χ1n) is 5.73. The third kappa shape index (κ3) is 2.60. The quantitative estimate of drug-likeness (QED) is 0.681. The third-order valence-corrected chi connectivity index (χ3v) is 3.37. The number of nitrogen functional groups attached to an aromatic ring is 1. The van der Waals surface area contributed by atoms with E-state index in [4.69, 9.17) is 10.5 Å². The van der Waals surface area contributed by atoms with Gasteiger partial charge in [-0.2, -0.15) is 5.10 Å². The molecule has 0 aliphatic heterocycles. The number of hydrogen-bond donors (Lipinski definition) is 1. The molecule has 2 aromatic rings. The molecular weight excluding hydrogens is 328 g/mol. The lowest BCUT2D eigenvalue weighted by Crippen LogP contribution is -2.07. The monoisotopic (exact) mass is 340 g/mol. The van der Waals surface area contributed by atoms with Crippen molar-refractivity contribution in [1.82, 2.24) is 9.78 Å². The van der Waals surface area contributed by atoms with Crippen molar-refractivity contribution >= 4 is 27.4 Å². The molecule has 0 bridgehead atoms. The molecule has 0 atom stereocenters. The number of benzene rings is 1. The minimum atomic E-state index is -0.522. The summed E-state index contributed by atoms with van der Waals surface area (Å²) in [5.41, 5.74) is 6.75. The highest BCUT2D eigenvalue weighted by atomic mass is 79.9. The van der Waals surface area contributed by atoms with E-state index in [0.717, 1.165) is 10.0 Å². The number of anilines is 1. The molecule has 2 rings (SSSR count). The van der Waals surface area contributed by atoms with Crippen molar-refractivity contribution < 1.29 is 9.66 Å². The SMILES string of the molecule is COc1ccc(Br)cc1Cn1nc(C)c([N+](=O)[O-])c1N. The van der Waals surface area contributed by atoms with Crippen molar-refractivity contribution in [3.63, 3.8) is 0 Å². The van der Waals surface area contributed by atoms with Crippen LogP contribution < -0.4 is 10.5 Å². The number of aryl methyl sites for hydroxylation is 1. The molecule has 106 valence electrons. The Kier molecular flexibility index (Phi) is 3.93. The molecule has 0 unspecified atom stereocenters. The van der Waals surface area contributed by atoms with Crippen LogP contribution in [-0.4, -0.2) is 21.8 Å². The highest BCUT2D eigenvalue weighted by molar-refractivity contribution is 9.10. The summed E-state index contributed by atoms with van der Waals surface area (Å²) in [7, 11) is 1.56. The summed E-state index contributed by atoms with van der Waals surface area (Å²) in [6.45, 7) is 1.85. The Bertz CT molecular complexity index is 669. The number of nitro groups is 1. The van der Waals surface area contributed by atoms with E-state index in [1.807, 2.05) is 12.1 Å². The molecule has 0 saturated carbocycles. The first kappa shape index (κ1) is 14.3. The van der Waals surface area contributed by atoms with Crippen molar-refractivity contribution in [2.75, 3.05) is 12.8 Å². The van der Waals surface area contributed by atoms with Gasteiger partial charge in [-0.15, -0.1) is 0 Å². The summed E-state index contributed by atoms with van der Waals surface area (Å²) in [5.74, 6) is 0.706. The first-order chi connectivity index (χ1) is 9.43. The van der Waals surface area contributed by atoms with Crippen molar-refractivity contribution in [3.8, 4) is 5.75 Å². The molecule has 8 heteroatoms. The fourth-order valence-corrected chi connectivity index (χ4v) is 2.38. The minimum Gasteiger partial charge on any atom is -0.496 e. The second-order valence-electron chi connectivity index (χ2n) is 4.19. The predicted molar refractivity (Wildman–Crippen MR) is 77.8 cm³/mol. The molecule has 0 spiro atoms. The van der Waals surface area contributed by atoms with Gasteiger partial charge in [-0.25, -0.2) is 4.68 Å². The van der Waals surface area contributed by atoms with Gasteiger partial charge in [-0.05, 0) is 25.1 Å². The molecule has 1 aromatic heterocycles. The molecule has 2 N–H and O–H groups in total. The fraction of sp³-hybridized carbons (Fsp3) is 0.250. The largest absolute Gasteiger partial charge is 0.496 e. The van der Waals surface area contributed by atoms with Crippen molar-refractivity contribution in [3.05, 3.63) is 44.0 Å². The molecule has 0 aliphatic carbocycles. The molecule has 0 saturated heterocycles. The van der Waals surface area contributed by atoms with Crippen LogP contribution in [0.25, 0.3) is 0 Å². The molecule has 7 nitrogen and oxygen atoms in total. The topological polar surface area (TPSA) is 96.2 Å². The molecule has 0 radical (unpaired) electrons. The molecule has 1 aromatic carbocycles. The Morgan fingerprint density at radius 2 is 2.25 bits per heavy atom. The van der Waals surface area contributed by atoms with Crippen molar-refractivity contribution in [2.45, 2.75) is 13.5 Å². The van der Waals surface area contributed by atoms with Gasteiger partial charge < -0.3 is 10.5 Å². The van der Waals surface area contributed by atoms with Crippen LogP contribution in [0.15, 0.2) is 22.7 Å². The van der Waals surface area contributed by atoms with Gasteiger partial charge in [0.25, 0.3) is 0 Å². The maximum Gasteiger partial charge on any atom is 0.333 e. The lowest BCUT2D eigenvalue weighted by Gasteiger charge is -2.09. The van der Waals surface area contributed by atoms with E-state index in [2.05, 4.69) is 21.0 Å². The normalized spacial score (nSPS) is 10.6. The smallest absolute Gasteiger partial charge is 0.333 e. The van der Waals surface area contributed by atoms with E-state index in [0.29, 0.717) is 18.0 Å². The van der Waals surface area contributed by atoms with Crippen LogP contribution in [0, 0.1) is 17.0 Å². The number of nitrogens with zero attached hydrogens (tertiary/aromatic N) is 3. The molecule has 1 heterocycles. The molecule has 20 heavy (non-hydrogen) atoms. The maximum absolute atomic E-state index is 10.9. The van der Waals surface area contributed by atoms with E-state index >= 15 is 0 Å². The molecule has 0 amide bonds. The Balaban J connectivity index is 2.43. The Morgan fingerprint density at radius 3 is 2.80 bits per heavy atom. The summed E-state index contributed by atoms with van der Waals surface area (Å²) in [5, 5.41) is 15.0. The van der Waals surface area contributed by atoms with Crippen LogP contribution in [0.3, 0.4) is 0 Å². The number of rotatable bonds is 4. The van der Waals surface area contributed by atoms with Gasteiger partial charge in [0.2, 0.25) is 5.82 Å². The number of aromatic nitrogens is 2. The van der Waals surface area contributed by atoms with Gasteiger partial charge in [-0.3, -0.25) is 10.1 Å². The number of halogens is 1. The van der Waals surface area contributed by atoms with Gasteiger partial charge in [0.15, 0.2) is 0 Å². The number of hydrogen-bond acceptors (Lipinski definition) is 5. The third-order valence-electron chi connectivity index (χ3n) is 2.88. The van der Waals surface area contributed by atoms with E-state index in [-0.39, 0.29) is 11.5 Å². The molecule has 0 aliphatic rings. The summed E-state index contributed by atoms with van der Waals surface area (Å²) in [6.07, 6.45) is 0. The van der Waals surface area contributed by atoms with Crippen LogP contribution >= 0.6 is 15.9 Å². The summed E-state index contributed by atoms with van der Waals surface area (Å²) < 4.78 is 7.54. The van der Waals surface area contributed by atoms with Crippen molar-refractivity contribution in [2.24, 2.45) is 0 Å². The predicted octanol–water partition coefficient (Wildman–Crippen LogP) is 2.50. The van der Waals surface area contributed by atoms with Gasteiger partial charge in [0.1, 0.15) is 11.4 Å². The van der Waals surface area contributed by atoms with E-state index < -0.39 is 4.92 Å². The molecule has 0 fully saturated rings. The van der Waals surface area contributed by atoms with Crippen LogP contribution in [0.4, 0.5) is 11.5 Å². The second kappa shape index (κ2) is 5.49. The molecular formula is C12H13BrN4O3. The van der Waals surface area contributed by atoms with Gasteiger partial charge in [-0.1, -0.05) is 15.9 Å². The average Bonchev–Trinajstić information content (AvgIpc) is 2.64.